The van der Waals surface area contributed by atoms with Crippen LogP contribution in [0.4, 0.5) is 0 Å². The van der Waals surface area contributed by atoms with Crippen LogP contribution in [0.2, 0.25) is 5.02 Å². The maximum Gasteiger partial charge on any atom is 0.334 e. The van der Waals surface area contributed by atoms with E-state index in [4.69, 9.17) is 21.3 Å². The van der Waals surface area contributed by atoms with E-state index in [0.717, 1.165) is 52.5 Å². The summed E-state index contributed by atoms with van der Waals surface area (Å²) in [5.74, 6) is 0.699. The van der Waals surface area contributed by atoms with Gasteiger partial charge in [-0.05, 0) is 52.9 Å². The Kier molecular flexibility index (Phi) is 7.88. The van der Waals surface area contributed by atoms with Gasteiger partial charge >= 0.3 is 5.97 Å². The first-order valence-electron chi connectivity index (χ1n) is 10.1. The molecule has 0 saturated carbocycles. The van der Waals surface area contributed by atoms with Gasteiger partial charge in [-0.25, -0.2) is 9.78 Å². The fraction of sp³-hybridized carbons (Fsp3) is 0.333. The molecular formula is C24H27ClN2O2S. The highest BCUT2D eigenvalue weighted by Crippen LogP contribution is 2.27. The average molecular weight is 443 g/mol. The number of unbranched alkanes of at least 4 members (excludes halogenated alkanes) is 1. The summed E-state index contributed by atoms with van der Waals surface area (Å²) >= 11 is 8.06. The van der Waals surface area contributed by atoms with Gasteiger partial charge in [0, 0.05) is 23.4 Å². The van der Waals surface area contributed by atoms with E-state index in [1.807, 2.05) is 48.8 Å². The molecule has 30 heavy (non-hydrogen) atoms. The van der Waals surface area contributed by atoms with Crippen molar-refractivity contribution in [2.24, 2.45) is 0 Å². The van der Waals surface area contributed by atoms with Crippen molar-refractivity contribution in [2.75, 3.05) is 7.11 Å². The molecule has 0 aliphatic rings. The number of imidazole rings is 1. The summed E-state index contributed by atoms with van der Waals surface area (Å²) in [7, 11) is 1.43. The maximum atomic E-state index is 12.6. The van der Waals surface area contributed by atoms with Crippen molar-refractivity contribution in [3.63, 3.8) is 0 Å². The van der Waals surface area contributed by atoms with Crippen LogP contribution in [0.25, 0.3) is 5.57 Å². The zero-order valence-electron chi connectivity index (χ0n) is 17.7. The third-order valence-corrected chi connectivity index (χ3v) is 6.31. The molecule has 0 atom stereocenters. The van der Waals surface area contributed by atoms with Crippen LogP contribution in [0, 0.1) is 0 Å². The number of allylic oxidation sites excluding steroid dienone is 1. The molecule has 3 rings (SSSR count). The molecule has 0 bridgehead atoms. The van der Waals surface area contributed by atoms with Gasteiger partial charge in [-0.15, -0.1) is 0 Å². The zero-order chi connectivity index (χ0) is 21.5. The largest absolute Gasteiger partial charge is 0.466 e. The predicted molar refractivity (Wildman–Crippen MR) is 124 cm³/mol. The molecule has 2 aromatic heterocycles. The molecule has 0 unspecified atom stereocenters. The summed E-state index contributed by atoms with van der Waals surface area (Å²) in [4.78, 5) is 17.3. The number of halogens is 1. The van der Waals surface area contributed by atoms with Crippen molar-refractivity contribution in [2.45, 2.75) is 46.1 Å². The van der Waals surface area contributed by atoms with Crippen LogP contribution < -0.4 is 0 Å². The van der Waals surface area contributed by atoms with E-state index in [9.17, 15) is 4.79 Å². The van der Waals surface area contributed by atoms with Gasteiger partial charge in [0.2, 0.25) is 0 Å². The Morgan fingerprint density at radius 3 is 2.73 bits per heavy atom. The molecule has 0 saturated heterocycles. The molecular weight excluding hydrogens is 416 g/mol. The molecule has 0 aliphatic carbocycles. The van der Waals surface area contributed by atoms with Crippen molar-refractivity contribution in [3.05, 3.63) is 80.5 Å². The SMILES string of the molecule is CCCCc1ncc(/C(C)=C(\Cc2ccsc2)C(=O)OC)n1Cc1ccccc1Cl. The first-order valence-corrected chi connectivity index (χ1v) is 11.4. The standard InChI is InChI=1S/C24H27ClN2O2S/c1-4-5-10-23-26-14-22(27(23)15-19-8-6-7-9-21(19)25)17(2)20(24(28)29-3)13-18-11-12-30-16-18/h6-9,11-12,14,16H,4-5,10,13,15H2,1-3H3/b20-17+. The lowest BCUT2D eigenvalue weighted by Gasteiger charge is -2.16. The minimum atomic E-state index is -0.306. The molecule has 1 aromatic carbocycles. The number of benzene rings is 1. The highest BCUT2D eigenvalue weighted by molar-refractivity contribution is 7.07. The molecule has 3 aromatic rings. The van der Waals surface area contributed by atoms with Gasteiger partial charge in [-0.2, -0.15) is 11.3 Å². The smallest absolute Gasteiger partial charge is 0.334 e. The number of ether oxygens (including phenoxy) is 1. The molecule has 0 N–H and O–H groups in total. The fourth-order valence-corrected chi connectivity index (χ4v) is 4.32. The Bertz CT molecular complexity index is 1020. The Hall–Kier alpha value is -2.37. The molecule has 0 aliphatic heterocycles. The lowest BCUT2D eigenvalue weighted by Crippen LogP contribution is -2.13. The predicted octanol–water partition coefficient (Wildman–Crippen LogP) is 6.18. The van der Waals surface area contributed by atoms with Gasteiger partial charge in [0.25, 0.3) is 0 Å². The summed E-state index contributed by atoms with van der Waals surface area (Å²) < 4.78 is 7.29. The average Bonchev–Trinajstić information content (AvgIpc) is 3.41. The summed E-state index contributed by atoms with van der Waals surface area (Å²) in [5, 5.41) is 4.81. The van der Waals surface area contributed by atoms with E-state index >= 15 is 0 Å². The lowest BCUT2D eigenvalue weighted by atomic mass is 10.0. The van der Waals surface area contributed by atoms with Gasteiger partial charge in [0.15, 0.2) is 0 Å². The monoisotopic (exact) mass is 442 g/mol. The minimum absolute atomic E-state index is 0.306. The number of methoxy groups -OCH3 is 1. The van der Waals surface area contributed by atoms with E-state index in [2.05, 4.69) is 16.9 Å². The van der Waals surface area contributed by atoms with E-state index in [0.29, 0.717) is 18.5 Å². The van der Waals surface area contributed by atoms with Crippen molar-refractivity contribution >= 4 is 34.5 Å². The topological polar surface area (TPSA) is 44.1 Å². The van der Waals surface area contributed by atoms with Crippen LogP contribution in [0.15, 0.2) is 52.9 Å². The van der Waals surface area contributed by atoms with Crippen molar-refractivity contribution < 1.29 is 9.53 Å². The normalized spacial score (nSPS) is 12.0. The Morgan fingerprint density at radius 1 is 1.27 bits per heavy atom. The third-order valence-electron chi connectivity index (χ3n) is 5.21. The summed E-state index contributed by atoms with van der Waals surface area (Å²) in [6.07, 6.45) is 5.43. The Morgan fingerprint density at radius 2 is 2.07 bits per heavy atom. The number of aromatic nitrogens is 2. The van der Waals surface area contributed by atoms with Gasteiger partial charge in [-0.1, -0.05) is 43.1 Å². The molecule has 0 radical (unpaired) electrons. The second-order valence-electron chi connectivity index (χ2n) is 7.24. The number of rotatable bonds is 9. The third kappa shape index (κ3) is 5.21. The number of carbonyl (C=O) groups is 1. The van der Waals surface area contributed by atoms with Gasteiger partial charge < -0.3 is 9.30 Å². The first kappa shape index (κ1) is 22.3. The summed E-state index contributed by atoms with van der Waals surface area (Å²) in [6.45, 7) is 4.75. The van der Waals surface area contributed by atoms with Crippen LogP contribution in [0.3, 0.4) is 0 Å². The first-order chi connectivity index (χ1) is 14.5. The van der Waals surface area contributed by atoms with Crippen molar-refractivity contribution in [3.8, 4) is 0 Å². The van der Waals surface area contributed by atoms with Gasteiger partial charge in [0.05, 0.1) is 25.5 Å². The molecule has 4 nitrogen and oxygen atoms in total. The summed E-state index contributed by atoms with van der Waals surface area (Å²) in [6, 6.07) is 9.89. The highest BCUT2D eigenvalue weighted by Gasteiger charge is 2.20. The Labute approximate surface area is 187 Å². The molecule has 6 heteroatoms. The second-order valence-corrected chi connectivity index (χ2v) is 8.43. The molecule has 158 valence electrons. The molecule has 2 heterocycles. The van der Waals surface area contributed by atoms with Crippen LogP contribution in [0.5, 0.6) is 0 Å². The van der Waals surface area contributed by atoms with Crippen LogP contribution in [0.1, 0.15) is 49.3 Å². The van der Waals surface area contributed by atoms with Crippen molar-refractivity contribution in [1.82, 2.24) is 9.55 Å². The lowest BCUT2D eigenvalue weighted by molar-refractivity contribution is -0.136. The number of carbonyl (C=O) groups excluding carboxylic acids is 1. The minimum Gasteiger partial charge on any atom is -0.466 e. The second kappa shape index (κ2) is 10.6. The quantitative estimate of drug-likeness (QED) is 0.293. The van der Waals surface area contributed by atoms with Gasteiger partial charge in [-0.3, -0.25) is 0 Å². The number of thiophene rings is 1. The molecule has 0 amide bonds. The number of hydrogen-bond donors (Lipinski definition) is 0. The maximum absolute atomic E-state index is 12.6. The molecule has 0 fully saturated rings. The Balaban J connectivity index is 2.07. The highest BCUT2D eigenvalue weighted by atomic mass is 35.5. The van der Waals surface area contributed by atoms with E-state index < -0.39 is 0 Å². The van der Waals surface area contributed by atoms with Crippen molar-refractivity contribution in [1.29, 1.82) is 0 Å². The number of esters is 1. The molecule has 0 spiro atoms. The van der Waals surface area contributed by atoms with Crippen LogP contribution in [-0.2, 0) is 28.9 Å². The van der Waals surface area contributed by atoms with E-state index in [1.165, 1.54) is 7.11 Å². The number of hydrogen-bond acceptors (Lipinski definition) is 4. The summed E-state index contributed by atoms with van der Waals surface area (Å²) in [5.41, 5.74) is 4.59. The van der Waals surface area contributed by atoms with E-state index in [-0.39, 0.29) is 5.97 Å². The number of nitrogens with zero attached hydrogens (tertiary/aromatic N) is 2. The zero-order valence-corrected chi connectivity index (χ0v) is 19.2. The van der Waals surface area contributed by atoms with Crippen LogP contribution in [-0.4, -0.2) is 22.6 Å². The number of aryl methyl sites for hydroxylation is 1. The van der Waals surface area contributed by atoms with Crippen LogP contribution >= 0.6 is 22.9 Å². The van der Waals surface area contributed by atoms with E-state index in [1.54, 1.807) is 11.3 Å². The van der Waals surface area contributed by atoms with Gasteiger partial charge in [0.1, 0.15) is 5.82 Å². The fourth-order valence-electron chi connectivity index (χ4n) is 3.45.